The number of benzene rings is 1. The fourth-order valence-corrected chi connectivity index (χ4v) is 4.52. The molecule has 0 aliphatic carbocycles. The van der Waals surface area contributed by atoms with Crippen molar-refractivity contribution in [1.82, 2.24) is 13.9 Å². The van der Waals surface area contributed by atoms with Crippen LogP contribution in [-0.2, 0) is 26.1 Å². The Bertz CT molecular complexity index is 839. The minimum absolute atomic E-state index is 0.142. The molecule has 2 atom stereocenters. The number of aromatic nitrogens is 2. The number of carbonyl (C=O) groups is 1. The van der Waals surface area contributed by atoms with Gasteiger partial charge in [-0.05, 0) is 38.1 Å². The number of rotatable bonds is 5. The van der Waals surface area contributed by atoms with Gasteiger partial charge in [-0.2, -0.15) is 4.31 Å². The molecule has 0 bridgehead atoms. The van der Waals surface area contributed by atoms with Crippen LogP contribution in [0.2, 0.25) is 0 Å². The molecule has 26 heavy (non-hydrogen) atoms. The highest BCUT2D eigenvalue weighted by molar-refractivity contribution is 7.89. The molecule has 2 heterocycles. The summed E-state index contributed by atoms with van der Waals surface area (Å²) >= 11 is 0. The van der Waals surface area contributed by atoms with Crippen LogP contribution in [0.25, 0.3) is 0 Å². The first-order valence-electron chi connectivity index (χ1n) is 8.36. The third kappa shape index (κ3) is 4.29. The fourth-order valence-electron chi connectivity index (χ4n) is 2.93. The zero-order valence-electron chi connectivity index (χ0n) is 14.7. The van der Waals surface area contributed by atoms with E-state index in [0.717, 1.165) is 0 Å². The number of hydrogen-bond acceptors (Lipinski definition) is 5. The van der Waals surface area contributed by atoms with Crippen LogP contribution in [0.15, 0.2) is 47.9 Å². The van der Waals surface area contributed by atoms with E-state index in [-0.39, 0.29) is 29.6 Å². The second-order valence-electron chi connectivity index (χ2n) is 6.39. The number of nitrogens with one attached hydrogen (secondary N) is 1. The molecule has 1 saturated heterocycles. The van der Waals surface area contributed by atoms with Gasteiger partial charge in [0.15, 0.2) is 0 Å². The van der Waals surface area contributed by atoms with Gasteiger partial charge in [-0.25, -0.2) is 13.4 Å². The minimum atomic E-state index is -3.59. The van der Waals surface area contributed by atoms with E-state index < -0.39 is 10.0 Å². The molecule has 1 fully saturated rings. The zero-order chi connectivity index (χ0) is 18.7. The van der Waals surface area contributed by atoms with E-state index in [1.807, 2.05) is 13.8 Å². The van der Waals surface area contributed by atoms with E-state index in [4.69, 9.17) is 4.74 Å². The Hall–Kier alpha value is -2.23. The highest BCUT2D eigenvalue weighted by Crippen LogP contribution is 2.22. The smallest absolute Gasteiger partial charge is 0.244 e. The van der Waals surface area contributed by atoms with Crippen molar-refractivity contribution in [3.63, 3.8) is 0 Å². The van der Waals surface area contributed by atoms with Crippen LogP contribution in [0.5, 0.6) is 0 Å². The summed E-state index contributed by atoms with van der Waals surface area (Å²) < 4.78 is 34.3. The predicted octanol–water partition coefficient (Wildman–Crippen LogP) is 1.32. The van der Waals surface area contributed by atoms with E-state index in [0.29, 0.717) is 18.8 Å². The Morgan fingerprint density at radius 1 is 1.23 bits per heavy atom. The van der Waals surface area contributed by atoms with E-state index in [1.54, 1.807) is 35.4 Å². The molecule has 9 heteroatoms. The van der Waals surface area contributed by atoms with Crippen LogP contribution in [0.3, 0.4) is 0 Å². The number of sulfonamides is 1. The average molecular weight is 378 g/mol. The van der Waals surface area contributed by atoms with Crippen LogP contribution in [-0.4, -0.2) is 53.5 Å². The molecule has 0 spiro atoms. The quantitative estimate of drug-likeness (QED) is 0.847. The van der Waals surface area contributed by atoms with Gasteiger partial charge < -0.3 is 14.6 Å². The Morgan fingerprint density at radius 2 is 1.88 bits per heavy atom. The van der Waals surface area contributed by atoms with Crippen molar-refractivity contribution in [3.05, 3.63) is 43.0 Å². The standard InChI is InChI=1S/C17H22N4O4S/c1-13-9-21(10-14(2)25-13)26(23,24)16-5-3-15(4-6-16)19-17(22)11-20-8-7-18-12-20/h3-8,12-14H,9-11H2,1-2H3,(H,19,22). The molecule has 1 aromatic carbocycles. The minimum Gasteiger partial charge on any atom is -0.373 e. The van der Waals surface area contributed by atoms with Crippen molar-refractivity contribution >= 4 is 21.6 Å². The maximum atomic E-state index is 12.8. The lowest BCUT2D eigenvalue weighted by Gasteiger charge is -2.34. The molecule has 1 amide bonds. The number of carbonyl (C=O) groups excluding carboxylic acids is 1. The fraction of sp³-hybridized carbons (Fsp3) is 0.412. The van der Waals surface area contributed by atoms with E-state index in [1.165, 1.54) is 16.4 Å². The molecule has 1 aliphatic rings. The monoisotopic (exact) mass is 378 g/mol. The Labute approximate surface area is 152 Å². The highest BCUT2D eigenvalue weighted by atomic mass is 32.2. The van der Waals surface area contributed by atoms with Crippen molar-refractivity contribution in [3.8, 4) is 0 Å². The third-order valence-corrected chi connectivity index (χ3v) is 5.89. The molecule has 8 nitrogen and oxygen atoms in total. The van der Waals surface area contributed by atoms with Gasteiger partial charge in [0.1, 0.15) is 6.54 Å². The van der Waals surface area contributed by atoms with Crippen molar-refractivity contribution < 1.29 is 17.9 Å². The summed E-state index contributed by atoms with van der Waals surface area (Å²) in [6, 6.07) is 6.19. The molecule has 2 unspecified atom stereocenters. The molecule has 1 aromatic heterocycles. The second-order valence-corrected chi connectivity index (χ2v) is 8.32. The molecule has 0 radical (unpaired) electrons. The lowest BCUT2D eigenvalue weighted by atomic mass is 10.3. The van der Waals surface area contributed by atoms with Gasteiger partial charge in [-0.3, -0.25) is 4.79 Å². The first-order chi connectivity index (χ1) is 12.3. The lowest BCUT2D eigenvalue weighted by molar-refractivity contribution is -0.116. The van der Waals surface area contributed by atoms with Gasteiger partial charge >= 0.3 is 0 Å². The first-order valence-corrected chi connectivity index (χ1v) is 9.80. The molecule has 1 N–H and O–H groups in total. The molecule has 0 saturated carbocycles. The number of anilines is 1. The van der Waals surface area contributed by atoms with Gasteiger partial charge in [-0.1, -0.05) is 0 Å². The third-order valence-electron chi connectivity index (χ3n) is 4.05. The van der Waals surface area contributed by atoms with Gasteiger partial charge in [0.25, 0.3) is 0 Å². The summed E-state index contributed by atoms with van der Waals surface area (Å²) in [5.41, 5.74) is 0.540. The van der Waals surface area contributed by atoms with Crippen molar-refractivity contribution in [2.75, 3.05) is 18.4 Å². The molecule has 140 valence electrons. The van der Waals surface area contributed by atoms with Crippen LogP contribution in [0.4, 0.5) is 5.69 Å². The van der Waals surface area contributed by atoms with Crippen LogP contribution < -0.4 is 5.32 Å². The van der Waals surface area contributed by atoms with Crippen LogP contribution in [0, 0.1) is 0 Å². The number of imidazole rings is 1. The number of hydrogen-bond donors (Lipinski definition) is 1. The normalized spacial score (nSPS) is 21.5. The van der Waals surface area contributed by atoms with Gasteiger partial charge in [0.05, 0.1) is 23.4 Å². The van der Waals surface area contributed by atoms with Crippen molar-refractivity contribution in [2.24, 2.45) is 0 Å². The van der Waals surface area contributed by atoms with Crippen LogP contribution >= 0.6 is 0 Å². The summed E-state index contributed by atoms with van der Waals surface area (Å²) in [5, 5.41) is 2.74. The van der Waals surface area contributed by atoms with E-state index >= 15 is 0 Å². The van der Waals surface area contributed by atoms with Gasteiger partial charge in [-0.15, -0.1) is 0 Å². The maximum Gasteiger partial charge on any atom is 0.244 e. The molecular formula is C17H22N4O4S. The highest BCUT2D eigenvalue weighted by Gasteiger charge is 2.32. The number of morpholine rings is 1. The number of ether oxygens (including phenoxy) is 1. The lowest BCUT2D eigenvalue weighted by Crippen LogP contribution is -2.48. The molecule has 3 rings (SSSR count). The van der Waals surface area contributed by atoms with Gasteiger partial charge in [0.2, 0.25) is 15.9 Å². The Balaban J connectivity index is 1.67. The molecule has 2 aromatic rings. The summed E-state index contributed by atoms with van der Waals surface area (Å²) in [4.78, 5) is 16.1. The average Bonchev–Trinajstić information content (AvgIpc) is 3.07. The van der Waals surface area contributed by atoms with E-state index in [9.17, 15) is 13.2 Å². The van der Waals surface area contributed by atoms with Crippen molar-refractivity contribution in [1.29, 1.82) is 0 Å². The number of amides is 1. The van der Waals surface area contributed by atoms with Crippen LogP contribution in [0.1, 0.15) is 13.8 Å². The van der Waals surface area contributed by atoms with Crippen molar-refractivity contribution in [2.45, 2.75) is 37.5 Å². The first kappa shape index (κ1) is 18.6. The summed E-state index contributed by atoms with van der Waals surface area (Å²) in [7, 11) is -3.59. The molecule has 1 aliphatic heterocycles. The zero-order valence-corrected chi connectivity index (χ0v) is 15.5. The predicted molar refractivity (Wildman–Crippen MR) is 96.1 cm³/mol. The van der Waals surface area contributed by atoms with E-state index in [2.05, 4.69) is 10.3 Å². The second kappa shape index (κ2) is 7.56. The summed E-state index contributed by atoms with van der Waals surface area (Å²) in [6.07, 6.45) is 4.56. The molecular weight excluding hydrogens is 356 g/mol. The maximum absolute atomic E-state index is 12.8. The summed E-state index contributed by atoms with van der Waals surface area (Å²) in [6.45, 7) is 4.52. The number of nitrogens with zero attached hydrogens (tertiary/aromatic N) is 3. The SMILES string of the molecule is CC1CN(S(=O)(=O)c2ccc(NC(=O)Cn3ccnc3)cc2)CC(C)O1. The summed E-state index contributed by atoms with van der Waals surface area (Å²) in [5.74, 6) is -0.213. The Morgan fingerprint density at radius 3 is 2.46 bits per heavy atom. The largest absolute Gasteiger partial charge is 0.373 e. The van der Waals surface area contributed by atoms with Gasteiger partial charge in [0, 0.05) is 31.2 Å². The topological polar surface area (TPSA) is 93.5 Å². The Kier molecular flexibility index (Phi) is 5.40.